The van der Waals surface area contributed by atoms with E-state index in [-0.39, 0.29) is 6.10 Å². The summed E-state index contributed by atoms with van der Waals surface area (Å²) in [6.07, 6.45) is 0.710. The SMILES string of the molecule is CC(C)OC1(C)[CH]C=CC(C(F)(F)F)=C1. The second-order valence-corrected chi connectivity index (χ2v) is 3.97. The fourth-order valence-electron chi connectivity index (χ4n) is 1.51. The van der Waals surface area contributed by atoms with Crippen molar-refractivity contribution in [3.63, 3.8) is 0 Å². The lowest BCUT2D eigenvalue weighted by atomic mass is 9.92. The quantitative estimate of drug-likeness (QED) is 0.691. The maximum Gasteiger partial charge on any atom is 0.416 e. The summed E-state index contributed by atoms with van der Waals surface area (Å²) in [6.45, 7) is 5.19. The van der Waals surface area contributed by atoms with Gasteiger partial charge in [0.1, 0.15) is 0 Å². The molecule has 1 radical (unpaired) electrons. The fraction of sp³-hybridized carbons (Fsp3) is 0.545. The predicted molar refractivity (Wildman–Crippen MR) is 52.2 cm³/mol. The second kappa shape index (κ2) is 4.00. The van der Waals surface area contributed by atoms with Gasteiger partial charge in [0.25, 0.3) is 0 Å². The van der Waals surface area contributed by atoms with Gasteiger partial charge in [0.15, 0.2) is 0 Å². The van der Waals surface area contributed by atoms with Crippen LogP contribution in [0.3, 0.4) is 0 Å². The molecule has 15 heavy (non-hydrogen) atoms. The normalized spacial score (nSPS) is 27.0. The average molecular weight is 219 g/mol. The van der Waals surface area contributed by atoms with Gasteiger partial charge in [-0.1, -0.05) is 12.2 Å². The van der Waals surface area contributed by atoms with E-state index in [9.17, 15) is 13.2 Å². The molecule has 0 N–H and O–H groups in total. The molecule has 0 bridgehead atoms. The van der Waals surface area contributed by atoms with Crippen molar-refractivity contribution in [2.75, 3.05) is 0 Å². The van der Waals surface area contributed by atoms with Crippen LogP contribution in [0.25, 0.3) is 0 Å². The van der Waals surface area contributed by atoms with Gasteiger partial charge in [-0.3, -0.25) is 0 Å². The van der Waals surface area contributed by atoms with Crippen molar-refractivity contribution in [1.29, 1.82) is 0 Å². The largest absolute Gasteiger partial charge is 0.416 e. The number of hydrogen-bond acceptors (Lipinski definition) is 1. The third-order valence-electron chi connectivity index (χ3n) is 1.96. The molecule has 1 unspecified atom stereocenters. The van der Waals surface area contributed by atoms with Crippen molar-refractivity contribution >= 4 is 0 Å². The first kappa shape index (κ1) is 12.3. The van der Waals surface area contributed by atoms with Crippen LogP contribution in [-0.2, 0) is 4.74 Å². The second-order valence-electron chi connectivity index (χ2n) is 3.97. The molecule has 0 fully saturated rings. The first-order valence-corrected chi connectivity index (χ1v) is 4.73. The van der Waals surface area contributed by atoms with Crippen molar-refractivity contribution in [1.82, 2.24) is 0 Å². The van der Waals surface area contributed by atoms with Crippen molar-refractivity contribution in [3.8, 4) is 0 Å². The van der Waals surface area contributed by atoms with E-state index in [1.54, 1.807) is 27.2 Å². The Morgan fingerprint density at radius 3 is 2.40 bits per heavy atom. The molecule has 1 aliphatic carbocycles. The minimum absolute atomic E-state index is 0.122. The van der Waals surface area contributed by atoms with Crippen LogP contribution in [0.4, 0.5) is 13.2 Å². The molecule has 0 aliphatic heterocycles. The Bertz CT molecular complexity index is 289. The summed E-state index contributed by atoms with van der Waals surface area (Å²) in [7, 11) is 0. The van der Waals surface area contributed by atoms with Gasteiger partial charge in [0, 0.05) is 6.42 Å². The number of halogens is 3. The number of alkyl halides is 3. The van der Waals surface area contributed by atoms with Crippen LogP contribution >= 0.6 is 0 Å². The molecule has 1 rings (SSSR count). The standard InChI is InChI=1S/C11H14F3O/c1-8(2)15-10(3)6-4-5-9(7-10)11(12,13)14/h4-8H,1-3H3. The van der Waals surface area contributed by atoms with Gasteiger partial charge in [0.05, 0.1) is 17.3 Å². The van der Waals surface area contributed by atoms with Gasteiger partial charge < -0.3 is 4.74 Å². The smallest absolute Gasteiger partial charge is 0.368 e. The minimum Gasteiger partial charge on any atom is -0.368 e. The summed E-state index contributed by atoms with van der Waals surface area (Å²) in [6, 6.07) is 0. The summed E-state index contributed by atoms with van der Waals surface area (Å²) in [5.74, 6) is 0. The lowest BCUT2D eigenvalue weighted by Crippen LogP contribution is -2.33. The van der Waals surface area contributed by atoms with Gasteiger partial charge in [0.2, 0.25) is 0 Å². The molecule has 0 aromatic rings. The summed E-state index contributed by atoms with van der Waals surface area (Å²) in [5.41, 5.74) is -1.62. The Morgan fingerprint density at radius 2 is 1.93 bits per heavy atom. The molecule has 1 nitrogen and oxygen atoms in total. The van der Waals surface area contributed by atoms with E-state index in [0.29, 0.717) is 0 Å². The number of ether oxygens (including phenoxy) is 1. The van der Waals surface area contributed by atoms with Crippen LogP contribution in [0.15, 0.2) is 23.8 Å². The van der Waals surface area contributed by atoms with E-state index in [4.69, 9.17) is 4.74 Å². The van der Waals surface area contributed by atoms with Crippen LogP contribution in [0, 0.1) is 6.42 Å². The molecule has 0 saturated carbocycles. The van der Waals surface area contributed by atoms with E-state index < -0.39 is 17.4 Å². The maximum atomic E-state index is 12.4. The Hall–Kier alpha value is -0.770. The van der Waals surface area contributed by atoms with Crippen molar-refractivity contribution in [2.24, 2.45) is 0 Å². The molecule has 0 saturated heterocycles. The van der Waals surface area contributed by atoms with Gasteiger partial charge in [-0.15, -0.1) is 0 Å². The van der Waals surface area contributed by atoms with Crippen LogP contribution in [-0.4, -0.2) is 17.9 Å². The van der Waals surface area contributed by atoms with Gasteiger partial charge >= 0.3 is 6.18 Å². The Morgan fingerprint density at radius 1 is 1.33 bits per heavy atom. The molecule has 85 valence electrons. The number of hydrogen-bond donors (Lipinski definition) is 0. The third kappa shape index (κ3) is 3.38. The molecule has 0 aromatic heterocycles. The van der Waals surface area contributed by atoms with E-state index in [0.717, 1.165) is 12.2 Å². The zero-order valence-corrected chi connectivity index (χ0v) is 8.93. The molecular weight excluding hydrogens is 205 g/mol. The van der Waals surface area contributed by atoms with E-state index in [1.165, 1.54) is 6.08 Å². The summed E-state index contributed by atoms with van der Waals surface area (Å²) >= 11 is 0. The highest BCUT2D eigenvalue weighted by molar-refractivity contribution is 5.36. The molecule has 0 heterocycles. The molecule has 1 aliphatic rings. The van der Waals surface area contributed by atoms with Gasteiger partial charge in [-0.25, -0.2) is 0 Å². The monoisotopic (exact) mass is 219 g/mol. The zero-order valence-electron chi connectivity index (χ0n) is 8.93. The van der Waals surface area contributed by atoms with Crippen molar-refractivity contribution < 1.29 is 17.9 Å². The summed E-state index contributed by atoms with van der Waals surface area (Å²) in [4.78, 5) is 0. The maximum absolute atomic E-state index is 12.4. The molecule has 1 atom stereocenters. The summed E-state index contributed by atoms with van der Waals surface area (Å²) in [5, 5.41) is 0. The highest BCUT2D eigenvalue weighted by Crippen LogP contribution is 2.34. The average Bonchev–Trinajstić information content (AvgIpc) is 1.99. The Kier molecular flexibility index (Phi) is 3.28. The van der Waals surface area contributed by atoms with Gasteiger partial charge in [-0.2, -0.15) is 13.2 Å². The summed E-state index contributed by atoms with van der Waals surface area (Å²) < 4.78 is 42.7. The zero-order chi connectivity index (χ0) is 11.7. The Labute approximate surface area is 87.6 Å². The minimum atomic E-state index is -4.31. The van der Waals surface area contributed by atoms with Crippen LogP contribution < -0.4 is 0 Å². The van der Waals surface area contributed by atoms with Crippen molar-refractivity contribution in [3.05, 3.63) is 30.2 Å². The highest BCUT2D eigenvalue weighted by Gasteiger charge is 2.37. The van der Waals surface area contributed by atoms with Crippen LogP contribution in [0.2, 0.25) is 0 Å². The predicted octanol–water partition coefficient (Wildman–Crippen LogP) is 3.43. The van der Waals surface area contributed by atoms with Crippen LogP contribution in [0.5, 0.6) is 0 Å². The number of rotatable bonds is 2. The van der Waals surface area contributed by atoms with E-state index in [1.807, 2.05) is 0 Å². The fourth-order valence-corrected chi connectivity index (χ4v) is 1.51. The molecule has 0 spiro atoms. The van der Waals surface area contributed by atoms with Gasteiger partial charge in [-0.05, 0) is 26.8 Å². The van der Waals surface area contributed by atoms with E-state index >= 15 is 0 Å². The van der Waals surface area contributed by atoms with Crippen LogP contribution in [0.1, 0.15) is 20.8 Å². The number of allylic oxidation sites excluding steroid dienone is 2. The first-order valence-electron chi connectivity index (χ1n) is 4.73. The van der Waals surface area contributed by atoms with Crippen molar-refractivity contribution in [2.45, 2.75) is 38.7 Å². The van der Waals surface area contributed by atoms with E-state index in [2.05, 4.69) is 0 Å². The molecule has 0 amide bonds. The molecular formula is C11H14F3O. The molecule has 4 heteroatoms. The third-order valence-corrected chi connectivity index (χ3v) is 1.96. The Balaban J connectivity index is 2.88. The topological polar surface area (TPSA) is 9.23 Å². The highest BCUT2D eigenvalue weighted by atomic mass is 19.4. The molecule has 0 aromatic carbocycles. The lowest BCUT2D eigenvalue weighted by molar-refractivity contribution is -0.0918. The lowest BCUT2D eigenvalue weighted by Gasteiger charge is -2.31. The first-order chi connectivity index (χ1) is 6.73.